The van der Waals surface area contributed by atoms with E-state index < -0.39 is 0 Å². The maximum atomic E-state index is 13.7. The number of benzene rings is 3. The van der Waals surface area contributed by atoms with Gasteiger partial charge in [0, 0.05) is 48.0 Å². The van der Waals surface area contributed by atoms with Crippen LogP contribution in [0.3, 0.4) is 0 Å². The summed E-state index contributed by atoms with van der Waals surface area (Å²) in [6.07, 6.45) is 5.60. The molecule has 0 bridgehead atoms. The lowest BCUT2D eigenvalue weighted by Crippen LogP contribution is -2.28. The minimum Gasteiger partial charge on any atom is -0.324 e. The van der Waals surface area contributed by atoms with Gasteiger partial charge in [-0.2, -0.15) is 0 Å². The van der Waals surface area contributed by atoms with Gasteiger partial charge >= 0.3 is 0 Å². The largest absolute Gasteiger partial charge is 0.324 e. The molecule has 1 aliphatic heterocycles. The minimum absolute atomic E-state index is 0.0108. The lowest BCUT2D eigenvalue weighted by Gasteiger charge is -2.17. The third-order valence-corrected chi connectivity index (χ3v) is 8.00. The summed E-state index contributed by atoms with van der Waals surface area (Å²) in [6, 6.07) is 32.0. The van der Waals surface area contributed by atoms with E-state index in [4.69, 9.17) is 9.97 Å². The summed E-state index contributed by atoms with van der Waals surface area (Å²) < 4.78 is 2.03. The Morgan fingerprint density at radius 2 is 1.75 bits per heavy atom. The molecule has 0 spiro atoms. The smallest absolute Gasteiger partial charge is 0.258 e. The zero-order valence-corrected chi connectivity index (χ0v) is 24.8. The van der Waals surface area contributed by atoms with Crippen molar-refractivity contribution >= 4 is 28.9 Å². The molecule has 44 heavy (non-hydrogen) atoms. The van der Waals surface area contributed by atoms with Gasteiger partial charge in [0.15, 0.2) is 0 Å². The second kappa shape index (κ2) is 11.7. The minimum atomic E-state index is -0.0108. The predicted octanol–water partition coefficient (Wildman–Crippen LogP) is 6.51. The van der Waals surface area contributed by atoms with E-state index >= 15 is 0 Å². The number of rotatable bonds is 8. The maximum Gasteiger partial charge on any atom is 0.258 e. The number of amides is 1. The Hall–Kier alpha value is -5.34. The van der Waals surface area contributed by atoms with Gasteiger partial charge in [0.25, 0.3) is 5.91 Å². The lowest BCUT2D eigenvalue weighted by molar-refractivity contribution is 0.0989. The molecule has 0 fully saturated rings. The number of imidazole rings is 1. The van der Waals surface area contributed by atoms with Gasteiger partial charge in [-0.25, -0.2) is 15.0 Å². The summed E-state index contributed by atoms with van der Waals surface area (Å²) in [4.78, 5) is 32.2. The zero-order valence-electron chi connectivity index (χ0n) is 24.8. The van der Waals surface area contributed by atoms with E-state index in [1.165, 1.54) is 11.1 Å². The molecule has 218 valence electrons. The van der Waals surface area contributed by atoms with Crippen molar-refractivity contribution < 1.29 is 4.79 Å². The standard InChI is InChI=1S/C36H33N7O/c1-41(2)22-18-25-13-15-29(16-14-25)38-36-37-20-17-30(39-36)34-33(40-32-12-5-6-21-43(32)34)27-9-7-10-28(24-27)35(44)42-23-19-26-8-3-4-11-31(26)42/h3-17,20-21,24H,18-19,22-23H2,1-2H3,(H,37,38,39). The van der Waals surface area contributed by atoms with Crippen LogP contribution in [0.5, 0.6) is 0 Å². The Balaban J connectivity index is 1.22. The third kappa shape index (κ3) is 5.43. The first-order valence-electron chi connectivity index (χ1n) is 14.8. The molecule has 8 nitrogen and oxygen atoms in total. The Morgan fingerprint density at radius 3 is 2.61 bits per heavy atom. The molecule has 0 saturated heterocycles. The summed E-state index contributed by atoms with van der Waals surface area (Å²) in [7, 11) is 4.17. The Bertz CT molecular complexity index is 1960. The number of fused-ring (bicyclic) bond motifs is 2. The molecule has 3 aromatic heterocycles. The van der Waals surface area contributed by atoms with Crippen LogP contribution in [0.15, 0.2) is 109 Å². The number of para-hydroxylation sites is 1. The van der Waals surface area contributed by atoms with Gasteiger partial charge in [-0.15, -0.1) is 0 Å². The fourth-order valence-electron chi connectivity index (χ4n) is 5.73. The lowest BCUT2D eigenvalue weighted by atomic mass is 10.0. The van der Waals surface area contributed by atoms with E-state index in [0.717, 1.165) is 59.1 Å². The second-order valence-corrected chi connectivity index (χ2v) is 11.3. The SMILES string of the molecule is CN(C)CCc1ccc(Nc2nccc(-c3c(-c4cccc(C(=O)N5CCc6ccccc65)c4)nc4ccccn34)n2)cc1. The Morgan fingerprint density at radius 1 is 0.909 bits per heavy atom. The molecular weight excluding hydrogens is 546 g/mol. The van der Waals surface area contributed by atoms with Gasteiger partial charge in [0.05, 0.1) is 17.1 Å². The highest BCUT2D eigenvalue weighted by atomic mass is 16.2. The van der Waals surface area contributed by atoms with E-state index in [2.05, 4.69) is 59.6 Å². The van der Waals surface area contributed by atoms with Crippen LogP contribution in [0.2, 0.25) is 0 Å². The highest BCUT2D eigenvalue weighted by Gasteiger charge is 2.26. The molecular formula is C36H33N7O. The summed E-state index contributed by atoms with van der Waals surface area (Å²) in [5, 5.41) is 3.36. The number of anilines is 3. The molecule has 0 unspecified atom stereocenters. The van der Waals surface area contributed by atoms with E-state index in [-0.39, 0.29) is 5.91 Å². The van der Waals surface area contributed by atoms with Crippen LogP contribution in [0.1, 0.15) is 21.5 Å². The molecule has 0 radical (unpaired) electrons. The number of pyridine rings is 1. The van der Waals surface area contributed by atoms with Crippen LogP contribution in [-0.2, 0) is 12.8 Å². The number of likely N-dealkylation sites (N-methyl/N-ethyl adjacent to an activating group) is 1. The number of nitrogens with zero attached hydrogens (tertiary/aromatic N) is 6. The van der Waals surface area contributed by atoms with E-state index in [1.807, 2.05) is 82.2 Å². The van der Waals surface area contributed by atoms with Crippen LogP contribution < -0.4 is 10.2 Å². The van der Waals surface area contributed by atoms with Crippen molar-refractivity contribution in [1.29, 1.82) is 0 Å². The van der Waals surface area contributed by atoms with E-state index in [9.17, 15) is 4.79 Å². The number of nitrogens with one attached hydrogen (secondary N) is 1. The molecule has 0 atom stereocenters. The maximum absolute atomic E-state index is 13.7. The van der Waals surface area contributed by atoms with Crippen molar-refractivity contribution in [2.45, 2.75) is 12.8 Å². The van der Waals surface area contributed by atoms with Crippen LogP contribution in [0.25, 0.3) is 28.3 Å². The molecule has 6 aromatic rings. The first kappa shape index (κ1) is 27.5. The zero-order chi connectivity index (χ0) is 30.0. The summed E-state index contributed by atoms with van der Waals surface area (Å²) in [6.45, 7) is 1.68. The molecule has 0 aliphatic carbocycles. The second-order valence-electron chi connectivity index (χ2n) is 11.3. The van der Waals surface area contributed by atoms with Gasteiger partial charge < -0.3 is 15.1 Å². The number of hydrogen-bond acceptors (Lipinski definition) is 6. The average molecular weight is 580 g/mol. The highest BCUT2D eigenvalue weighted by molar-refractivity contribution is 6.08. The Kier molecular flexibility index (Phi) is 7.33. The molecule has 0 saturated carbocycles. The van der Waals surface area contributed by atoms with Gasteiger partial charge in [0.1, 0.15) is 5.65 Å². The molecule has 1 amide bonds. The predicted molar refractivity (Wildman–Crippen MR) is 175 cm³/mol. The molecule has 1 N–H and O–H groups in total. The van der Waals surface area contributed by atoms with Crippen molar-refractivity contribution in [3.63, 3.8) is 0 Å². The first-order valence-corrected chi connectivity index (χ1v) is 14.8. The topological polar surface area (TPSA) is 78.7 Å². The van der Waals surface area contributed by atoms with Crippen molar-refractivity contribution in [1.82, 2.24) is 24.3 Å². The van der Waals surface area contributed by atoms with Crippen LogP contribution in [0, 0.1) is 0 Å². The Labute approximate surface area is 256 Å². The molecule has 3 aromatic carbocycles. The molecule has 8 heteroatoms. The summed E-state index contributed by atoms with van der Waals surface area (Å²) in [5.41, 5.74) is 8.98. The number of aromatic nitrogens is 4. The molecule has 4 heterocycles. The van der Waals surface area contributed by atoms with Crippen molar-refractivity contribution in [3.8, 4) is 22.6 Å². The van der Waals surface area contributed by atoms with Gasteiger partial charge in [-0.3, -0.25) is 9.20 Å². The van der Waals surface area contributed by atoms with Crippen molar-refractivity contribution in [2.24, 2.45) is 0 Å². The van der Waals surface area contributed by atoms with Crippen LogP contribution in [-0.4, -0.2) is 57.3 Å². The van der Waals surface area contributed by atoms with Gasteiger partial charge in [-0.1, -0.05) is 48.5 Å². The monoisotopic (exact) mass is 579 g/mol. The highest BCUT2D eigenvalue weighted by Crippen LogP contribution is 2.34. The quantitative estimate of drug-likeness (QED) is 0.222. The summed E-state index contributed by atoms with van der Waals surface area (Å²) >= 11 is 0. The summed E-state index contributed by atoms with van der Waals surface area (Å²) in [5.74, 6) is 0.486. The fourth-order valence-corrected chi connectivity index (χ4v) is 5.73. The third-order valence-electron chi connectivity index (χ3n) is 8.00. The van der Waals surface area contributed by atoms with Crippen LogP contribution >= 0.6 is 0 Å². The average Bonchev–Trinajstić information content (AvgIpc) is 3.67. The number of hydrogen-bond donors (Lipinski definition) is 1. The molecule has 7 rings (SSSR count). The fraction of sp³-hybridized carbons (Fsp3) is 0.167. The molecule has 1 aliphatic rings. The first-order chi connectivity index (χ1) is 21.5. The van der Waals surface area contributed by atoms with E-state index in [1.54, 1.807) is 6.20 Å². The van der Waals surface area contributed by atoms with Crippen molar-refractivity contribution in [2.75, 3.05) is 37.4 Å². The van der Waals surface area contributed by atoms with E-state index in [0.29, 0.717) is 18.1 Å². The van der Waals surface area contributed by atoms with Crippen LogP contribution in [0.4, 0.5) is 17.3 Å². The number of carbonyl (C=O) groups excluding carboxylic acids is 1. The van der Waals surface area contributed by atoms with Crippen molar-refractivity contribution in [3.05, 3.63) is 126 Å². The van der Waals surface area contributed by atoms with Gasteiger partial charge in [-0.05, 0) is 86.6 Å². The number of carbonyl (C=O) groups is 1. The normalized spacial score (nSPS) is 12.6. The van der Waals surface area contributed by atoms with Gasteiger partial charge in [0.2, 0.25) is 5.95 Å².